The third-order valence-corrected chi connectivity index (χ3v) is 5.32. The van der Waals surface area contributed by atoms with Gasteiger partial charge in [-0.3, -0.25) is 0 Å². The molecule has 5 nitrogen and oxygen atoms in total. The van der Waals surface area contributed by atoms with Crippen LogP contribution in [-0.4, -0.2) is 19.0 Å². The maximum absolute atomic E-state index is 11.7. The largest absolute Gasteiger partial charge is 0.382 e. The smallest absolute Gasteiger partial charge is 0.182 e. The average Bonchev–Trinajstić information content (AvgIpc) is 2.69. The zero-order valence-electron chi connectivity index (χ0n) is 10.1. The number of benzene rings is 1. The number of aromatic nitrogens is 1. The van der Waals surface area contributed by atoms with Crippen molar-refractivity contribution in [3.63, 3.8) is 0 Å². The van der Waals surface area contributed by atoms with Crippen LogP contribution in [0.3, 0.4) is 0 Å². The minimum absolute atomic E-state index is 0.0436. The first-order chi connectivity index (χ1) is 8.89. The molecule has 0 unspecified atom stereocenters. The molecule has 0 saturated carbocycles. The third-order valence-electron chi connectivity index (χ3n) is 2.44. The van der Waals surface area contributed by atoms with E-state index in [1.807, 2.05) is 24.3 Å². The normalized spacial score (nSPS) is 11.5. The number of anilines is 2. The first-order valence-corrected chi connectivity index (χ1v) is 8.78. The van der Waals surface area contributed by atoms with Crippen molar-refractivity contribution in [1.82, 2.24) is 4.37 Å². The Morgan fingerprint density at radius 1 is 1.42 bits per heavy atom. The fraction of sp³-hybridized carbons (Fsp3) is 0.182. The molecule has 3 N–H and O–H groups in total. The van der Waals surface area contributed by atoms with Crippen LogP contribution in [-0.2, 0) is 16.4 Å². The second-order valence-corrected chi connectivity index (χ2v) is 7.52. The van der Waals surface area contributed by atoms with Crippen molar-refractivity contribution in [2.45, 2.75) is 11.4 Å². The van der Waals surface area contributed by atoms with E-state index in [1.165, 1.54) is 0 Å². The summed E-state index contributed by atoms with van der Waals surface area (Å²) in [4.78, 5) is 0.0737. The lowest BCUT2D eigenvalue weighted by Gasteiger charge is -2.07. The Bertz CT molecular complexity index is 698. The van der Waals surface area contributed by atoms with E-state index in [0.29, 0.717) is 11.5 Å². The highest BCUT2D eigenvalue weighted by Gasteiger charge is 2.21. The summed E-state index contributed by atoms with van der Waals surface area (Å²) in [6, 6.07) is 7.71. The lowest BCUT2D eigenvalue weighted by molar-refractivity contribution is 0.602. The maximum atomic E-state index is 11.7. The molecule has 0 amide bonds. The molecule has 0 saturated heterocycles. The molecule has 0 aliphatic heterocycles. The summed E-state index contributed by atoms with van der Waals surface area (Å²) >= 11 is 4.49. The van der Waals surface area contributed by atoms with Crippen molar-refractivity contribution in [3.05, 3.63) is 34.3 Å². The molecule has 0 fully saturated rings. The number of nitrogens with two attached hydrogens (primary N) is 1. The zero-order chi connectivity index (χ0) is 14.0. The van der Waals surface area contributed by atoms with E-state index < -0.39 is 9.84 Å². The molecule has 8 heteroatoms. The van der Waals surface area contributed by atoms with E-state index in [0.717, 1.165) is 27.8 Å². The lowest BCUT2D eigenvalue weighted by atomic mass is 10.2. The first kappa shape index (κ1) is 14.3. The Morgan fingerprint density at radius 2 is 2.11 bits per heavy atom. The van der Waals surface area contributed by atoms with Gasteiger partial charge in [0.1, 0.15) is 9.90 Å². The Hall–Kier alpha value is -1.12. The van der Waals surface area contributed by atoms with Gasteiger partial charge in [0.15, 0.2) is 15.7 Å². The van der Waals surface area contributed by atoms with Crippen LogP contribution in [0.4, 0.5) is 10.8 Å². The van der Waals surface area contributed by atoms with Gasteiger partial charge in [0.25, 0.3) is 0 Å². The Labute approximate surface area is 124 Å². The number of halogens is 1. The Balaban J connectivity index is 2.24. The summed E-state index contributed by atoms with van der Waals surface area (Å²) < 4.78 is 28.1. The van der Waals surface area contributed by atoms with Crippen molar-refractivity contribution in [2.75, 3.05) is 17.3 Å². The van der Waals surface area contributed by atoms with E-state index in [-0.39, 0.29) is 10.7 Å². The van der Waals surface area contributed by atoms with Gasteiger partial charge in [-0.05, 0) is 23.2 Å². The van der Waals surface area contributed by atoms with E-state index >= 15 is 0 Å². The average molecular weight is 362 g/mol. The summed E-state index contributed by atoms with van der Waals surface area (Å²) in [7, 11) is -3.39. The summed E-state index contributed by atoms with van der Waals surface area (Å²) in [6.45, 7) is 0.492. The minimum Gasteiger partial charge on any atom is -0.382 e. The molecule has 0 radical (unpaired) electrons. The SMILES string of the molecule is CS(=O)(=O)c1c(N)nsc1NCc1ccccc1Br. The van der Waals surface area contributed by atoms with Crippen LogP contribution >= 0.6 is 27.5 Å². The molecular formula is C11H12BrN3O2S2. The van der Waals surface area contributed by atoms with Gasteiger partial charge in [0, 0.05) is 17.3 Å². The predicted octanol–water partition coefficient (Wildman–Crippen LogP) is 2.50. The second kappa shape index (κ2) is 5.48. The van der Waals surface area contributed by atoms with Gasteiger partial charge in [-0.15, -0.1) is 0 Å². The fourth-order valence-electron chi connectivity index (χ4n) is 1.58. The molecule has 0 spiro atoms. The highest BCUT2D eigenvalue weighted by Crippen LogP contribution is 2.32. The molecule has 0 aliphatic rings. The van der Waals surface area contributed by atoms with Crippen LogP contribution in [0.5, 0.6) is 0 Å². The van der Waals surface area contributed by atoms with Crippen molar-refractivity contribution in [2.24, 2.45) is 0 Å². The lowest BCUT2D eigenvalue weighted by Crippen LogP contribution is -2.06. The summed E-state index contributed by atoms with van der Waals surface area (Å²) in [5, 5.41) is 3.53. The summed E-state index contributed by atoms with van der Waals surface area (Å²) in [5.74, 6) is 0.0436. The Morgan fingerprint density at radius 3 is 2.74 bits per heavy atom. The maximum Gasteiger partial charge on any atom is 0.182 e. The van der Waals surface area contributed by atoms with Gasteiger partial charge in [-0.1, -0.05) is 34.1 Å². The van der Waals surface area contributed by atoms with Gasteiger partial charge >= 0.3 is 0 Å². The van der Waals surface area contributed by atoms with Crippen LogP contribution in [0, 0.1) is 0 Å². The standard InChI is InChI=1S/C11H12BrN3O2S2/c1-19(16,17)9-10(13)15-18-11(9)14-6-7-4-2-3-5-8(7)12/h2-5,14H,6H2,1H3,(H2,13,15). The molecule has 19 heavy (non-hydrogen) atoms. The highest BCUT2D eigenvalue weighted by atomic mass is 79.9. The predicted molar refractivity (Wildman–Crippen MR) is 81.1 cm³/mol. The van der Waals surface area contributed by atoms with Crippen molar-refractivity contribution < 1.29 is 8.42 Å². The molecule has 2 rings (SSSR count). The van der Waals surface area contributed by atoms with Crippen LogP contribution in [0.2, 0.25) is 0 Å². The third kappa shape index (κ3) is 3.26. The number of nitrogen functional groups attached to an aromatic ring is 1. The van der Waals surface area contributed by atoms with Crippen molar-refractivity contribution in [1.29, 1.82) is 0 Å². The molecule has 0 aliphatic carbocycles. The second-order valence-electron chi connectivity index (χ2n) is 3.94. The molecule has 1 heterocycles. The van der Waals surface area contributed by atoms with E-state index in [1.54, 1.807) is 0 Å². The number of nitrogens with one attached hydrogen (secondary N) is 1. The molecular weight excluding hydrogens is 350 g/mol. The highest BCUT2D eigenvalue weighted by molar-refractivity contribution is 9.10. The van der Waals surface area contributed by atoms with E-state index in [9.17, 15) is 8.42 Å². The van der Waals surface area contributed by atoms with Gasteiger partial charge in [0.2, 0.25) is 0 Å². The number of hydrogen-bond donors (Lipinski definition) is 2. The zero-order valence-corrected chi connectivity index (χ0v) is 13.3. The first-order valence-electron chi connectivity index (χ1n) is 5.32. The molecule has 1 aromatic heterocycles. The van der Waals surface area contributed by atoms with Gasteiger partial charge in [0.05, 0.1) is 0 Å². The molecule has 0 atom stereocenters. The van der Waals surface area contributed by atoms with Crippen LogP contribution in [0.15, 0.2) is 33.6 Å². The topological polar surface area (TPSA) is 85.1 Å². The molecule has 1 aromatic carbocycles. The fourth-order valence-corrected chi connectivity index (χ4v) is 4.07. The summed E-state index contributed by atoms with van der Waals surface area (Å²) in [6.07, 6.45) is 1.12. The van der Waals surface area contributed by atoms with Crippen molar-refractivity contribution >= 4 is 48.1 Å². The van der Waals surface area contributed by atoms with Gasteiger partial charge in [-0.2, -0.15) is 4.37 Å². The van der Waals surface area contributed by atoms with E-state index in [4.69, 9.17) is 5.73 Å². The van der Waals surface area contributed by atoms with Crippen LogP contribution < -0.4 is 11.1 Å². The molecule has 2 aromatic rings. The number of nitrogens with zero attached hydrogens (tertiary/aromatic N) is 1. The van der Waals surface area contributed by atoms with Crippen LogP contribution in [0.1, 0.15) is 5.56 Å². The monoisotopic (exact) mass is 361 g/mol. The number of sulfone groups is 1. The van der Waals surface area contributed by atoms with Gasteiger partial charge in [-0.25, -0.2) is 8.42 Å². The van der Waals surface area contributed by atoms with Crippen molar-refractivity contribution in [3.8, 4) is 0 Å². The molecule has 102 valence electrons. The summed E-state index contributed by atoms with van der Waals surface area (Å²) in [5.41, 5.74) is 6.62. The van der Waals surface area contributed by atoms with Crippen LogP contribution in [0.25, 0.3) is 0 Å². The molecule has 0 bridgehead atoms. The van der Waals surface area contributed by atoms with Gasteiger partial charge < -0.3 is 11.1 Å². The number of rotatable bonds is 4. The Kier molecular flexibility index (Phi) is 4.12. The van der Waals surface area contributed by atoms with E-state index in [2.05, 4.69) is 25.6 Å². The minimum atomic E-state index is -3.39. The quantitative estimate of drug-likeness (QED) is 0.873. The number of hydrogen-bond acceptors (Lipinski definition) is 6.